The molecule has 0 heterocycles. The molecule has 14 heavy (non-hydrogen) atoms. The van der Waals surface area contributed by atoms with Gasteiger partial charge in [0.15, 0.2) is 0 Å². The van der Waals surface area contributed by atoms with Gasteiger partial charge >= 0.3 is 7.12 Å². The molecule has 0 aliphatic rings. The summed E-state index contributed by atoms with van der Waals surface area (Å²) in [4.78, 5) is 0. The van der Waals surface area contributed by atoms with Crippen molar-refractivity contribution >= 4 is 12.6 Å². The lowest BCUT2D eigenvalue weighted by molar-refractivity contribution is 0.202. The van der Waals surface area contributed by atoms with Crippen LogP contribution >= 0.6 is 0 Å². The van der Waals surface area contributed by atoms with Crippen molar-refractivity contribution in [3.8, 4) is 0 Å². The van der Waals surface area contributed by atoms with Gasteiger partial charge in [-0.3, -0.25) is 0 Å². The zero-order chi connectivity index (χ0) is 10.6. The Morgan fingerprint density at radius 1 is 1.36 bits per heavy atom. The van der Waals surface area contributed by atoms with E-state index in [1.807, 2.05) is 13.0 Å². The van der Waals surface area contributed by atoms with E-state index in [0.29, 0.717) is 12.1 Å². The van der Waals surface area contributed by atoms with E-state index in [2.05, 4.69) is 0 Å². The standard InChI is InChI=1S/C10H15BO3/c1-8-7-10(11(12)13)4-3-9(8)5-6-14-2/h3-4,7,12-13H,5-6H2,1-2H3. The van der Waals surface area contributed by atoms with Crippen LogP contribution in [0.25, 0.3) is 0 Å². The number of benzene rings is 1. The molecule has 0 amide bonds. The number of hydrogen-bond acceptors (Lipinski definition) is 3. The fourth-order valence-electron chi connectivity index (χ4n) is 1.37. The van der Waals surface area contributed by atoms with Crippen LogP contribution in [0.3, 0.4) is 0 Å². The molecule has 1 rings (SSSR count). The van der Waals surface area contributed by atoms with Gasteiger partial charge in [-0.05, 0) is 29.9 Å². The number of rotatable bonds is 4. The largest absolute Gasteiger partial charge is 0.488 e. The summed E-state index contributed by atoms with van der Waals surface area (Å²) in [7, 11) is 0.284. The minimum Gasteiger partial charge on any atom is -0.423 e. The molecule has 0 aromatic heterocycles. The van der Waals surface area contributed by atoms with Gasteiger partial charge in [-0.25, -0.2) is 0 Å². The molecule has 0 fully saturated rings. The van der Waals surface area contributed by atoms with E-state index in [-0.39, 0.29) is 0 Å². The van der Waals surface area contributed by atoms with Crippen molar-refractivity contribution in [2.45, 2.75) is 13.3 Å². The van der Waals surface area contributed by atoms with Crippen LogP contribution in [0.15, 0.2) is 18.2 Å². The van der Waals surface area contributed by atoms with Crippen LogP contribution in [0.2, 0.25) is 0 Å². The van der Waals surface area contributed by atoms with Gasteiger partial charge in [0, 0.05) is 7.11 Å². The molecule has 76 valence electrons. The molecular formula is C10H15BO3. The average molecular weight is 194 g/mol. The smallest absolute Gasteiger partial charge is 0.423 e. The number of methoxy groups -OCH3 is 1. The van der Waals surface area contributed by atoms with Crippen LogP contribution in [0.4, 0.5) is 0 Å². The summed E-state index contributed by atoms with van der Waals surface area (Å²) in [5.41, 5.74) is 2.77. The lowest BCUT2D eigenvalue weighted by Crippen LogP contribution is -2.30. The molecule has 0 bridgehead atoms. The second-order valence-corrected chi connectivity index (χ2v) is 3.30. The third-order valence-corrected chi connectivity index (χ3v) is 2.24. The first-order valence-corrected chi connectivity index (χ1v) is 4.59. The van der Waals surface area contributed by atoms with Gasteiger partial charge in [0.2, 0.25) is 0 Å². The average Bonchev–Trinajstić information content (AvgIpc) is 2.15. The molecule has 0 unspecified atom stereocenters. The molecule has 0 saturated heterocycles. The maximum Gasteiger partial charge on any atom is 0.488 e. The van der Waals surface area contributed by atoms with E-state index in [1.165, 1.54) is 5.56 Å². The fourth-order valence-corrected chi connectivity index (χ4v) is 1.37. The molecule has 0 saturated carbocycles. The van der Waals surface area contributed by atoms with E-state index < -0.39 is 7.12 Å². The van der Waals surface area contributed by atoms with Gasteiger partial charge in [0.25, 0.3) is 0 Å². The highest BCUT2D eigenvalue weighted by molar-refractivity contribution is 6.58. The Morgan fingerprint density at radius 2 is 2.07 bits per heavy atom. The Hall–Kier alpha value is -0.835. The third-order valence-electron chi connectivity index (χ3n) is 2.24. The summed E-state index contributed by atoms with van der Waals surface area (Å²) in [6, 6.07) is 5.42. The van der Waals surface area contributed by atoms with Gasteiger partial charge in [0.05, 0.1) is 6.61 Å². The maximum absolute atomic E-state index is 8.95. The number of ether oxygens (including phenoxy) is 1. The highest BCUT2D eigenvalue weighted by atomic mass is 16.5. The Morgan fingerprint density at radius 3 is 2.57 bits per heavy atom. The van der Waals surface area contributed by atoms with Crippen molar-refractivity contribution in [1.29, 1.82) is 0 Å². The Kier molecular flexibility index (Phi) is 4.13. The van der Waals surface area contributed by atoms with Crippen LogP contribution in [0.1, 0.15) is 11.1 Å². The minimum atomic E-state index is -1.38. The molecule has 3 nitrogen and oxygen atoms in total. The molecular weight excluding hydrogens is 179 g/mol. The summed E-state index contributed by atoms with van der Waals surface area (Å²) >= 11 is 0. The predicted octanol–water partition coefficient (Wildman–Crippen LogP) is -0.136. The lowest BCUT2D eigenvalue weighted by Gasteiger charge is -2.07. The second-order valence-electron chi connectivity index (χ2n) is 3.30. The predicted molar refractivity (Wildman–Crippen MR) is 56.6 cm³/mol. The van der Waals surface area contributed by atoms with Crippen LogP contribution in [0, 0.1) is 6.92 Å². The van der Waals surface area contributed by atoms with Crippen molar-refractivity contribution in [3.63, 3.8) is 0 Å². The van der Waals surface area contributed by atoms with Crippen LogP contribution in [-0.2, 0) is 11.2 Å². The zero-order valence-corrected chi connectivity index (χ0v) is 8.53. The van der Waals surface area contributed by atoms with E-state index >= 15 is 0 Å². The monoisotopic (exact) mass is 194 g/mol. The van der Waals surface area contributed by atoms with Crippen LogP contribution in [0.5, 0.6) is 0 Å². The van der Waals surface area contributed by atoms with Crippen molar-refractivity contribution in [1.82, 2.24) is 0 Å². The topological polar surface area (TPSA) is 49.7 Å². The molecule has 0 aliphatic carbocycles. The highest BCUT2D eigenvalue weighted by Gasteiger charge is 2.11. The second kappa shape index (κ2) is 5.15. The molecule has 4 heteroatoms. The minimum absolute atomic E-state index is 0.531. The summed E-state index contributed by atoms with van der Waals surface area (Å²) in [5, 5.41) is 17.9. The van der Waals surface area contributed by atoms with E-state index in [1.54, 1.807) is 19.2 Å². The summed E-state index contributed by atoms with van der Waals surface area (Å²) in [6.45, 7) is 2.64. The van der Waals surface area contributed by atoms with Gasteiger partial charge in [0.1, 0.15) is 0 Å². The zero-order valence-electron chi connectivity index (χ0n) is 8.53. The molecule has 0 aliphatic heterocycles. The number of aryl methyl sites for hydroxylation is 1. The van der Waals surface area contributed by atoms with Crippen LogP contribution in [-0.4, -0.2) is 30.9 Å². The van der Waals surface area contributed by atoms with Crippen molar-refractivity contribution in [2.24, 2.45) is 0 Å². The highest BCUT2D eigenvalue weighted by Crippen LogP contribution is 2.06. The Balaban J connectivity index is 2.79. The Bertz CT molecular complexity index is 299. The maximum atomic E-state index is 8.95. The molecule has 1 aromatic rings. The molecule has 0 atom stereocenters. The van der Waals surface area contributed by atoms with Crippen molar-refractivity contribution < 1.29 is 14.8 Å². The lowest BCUT2D eigenvalue weighted by atomic mass is 9.79. The van der Waals surface area contributed by atoms with Gasteiger partial charge in [-0.1, -0.05) is 18.2 Å². The fraction of sp³-hybridized carbons (Fsp3) is 0.400. The SMILES string of the molecule is COCCc1ccc(B(O)O)cc1C. The Labute approximate surface area is 84.5 Å². The first-order chi connectivity index (χ1) is 6.65. The van der Waals surface area contributed by atoms with E-state index in [4.69, 9.17) is 14.8 Å². The first kappa shape index (κ1) is 11.2. The normalized spacial score (nSPS) is 10.3. The summed E-state index contributed by atoms with van der Waals surface area (Å²) in [5.74, 6) is 0. The third kappa shape index (κ3) is 2.84. The van der Waals surface area contributed by atoms with Crippen molar-refractivity contribution in [2.75, 3.05) is 13.7 Å². The number of hydrogen-bond donors (Lipinski definition) is 2. The summed E-state index contributed by atoms with van der Waals surface area (Å²) in [6.07, 6.45) is 0.851. The van der Waals surface area contributed by atoms with Gasteiger partial charge < -0.3 is 14.8 Å². The van der Waals surface area contributed by atoms with Gasteiger partial charge in [-0.2, -0.15) is 0 Å². The van der Waals surface area contributed by atoms with Crippen molar-refractivity contribution in [3.05, 3.63) is 29.3 Å². The molecule has 0 spiro atoms. The molecule has 2 N–H and O–H groups in total. The van der Waals surface area contributed by atoms with E-state index in [9.17, 15) is 0 Å². The van der Waals surface area contributed by atoms with Gasteiger partial charge in [-0.15, -0.1) is 0 Å². The quantitative estimate of drug-likeness (QED) is 0.656. The van der Waals surface area contributed by atoms with Crippen LogP contribution < -0.4 is 5.46 Å². The summed E-state index contributed by atoms with van der Waals surface area (Å²) < 4.78 is 4.98. The molecule has 1 aromatic carbocycles. The molecule has 0 radical (unpaired) electrons. The van der Waals surface area contributed by atoms with E-state index in [0.717, 1.165) is 12.0 Å². The first-order valence-electron chi connectivity index (χ1n) is 4.59.